The van der Waals surface area contributed by atoms with Gasteiger partial charge in [0.1, 0.15) is 0 Å². The SMILES string of the molecule is O=C(NC1CC1)c1ccc(NC(=O)[C@H]2CCCN2)cc1. The van der Waals surface area contributed by atoms with Crippen LogP contribution in [0.25, 0.3) is 0 Å². The molecule has 5 heteroatoms. The molecule has 1 heterocycles. The summed E-state index contributed by atoms with van der Waals surface area (Å²) in [7, 11) is 0. The number of carbonyl (C=O) groups excluding carboxylic acids is 2. The molecule has 0 aromatic heterocycles. The Balaban J connectivity index is 1.57. The minimum absolute atomic E-state index is 0.00215. The number of amides is 2. The maximum Gasteiger partial charge on any atom is 0.251 e. The van der Waals surface area contributed by atoms with Crippen LogP contribution in [0.15, 0.2) is 24.3 Å². The third-order valence-electron chi connectivity index (χ3n) is 3.70. The Hall–Kier alpha value is -1.88. The molecule has 1 aromatic carbocycles. The van der Waals surface area contributed by atoms with Crippen molar-refractivity contribution in [3.63, 3.8) is 0 Å². The van der Waals surface area contributed by atoms with Gasteiger partial charge in [0.25, 0.3) is 5.91 Å². The third-order valence-corrected chi connectivity index (χ3v) is 3.70. The van der Waals surface area contributed by atoms with Crippen molar-refractivity contribution in [1.82, 2.24) is 10.6 Å². The molecule has 0 bridgehead atoms. The normalized spacial score (nSPS) is 21.5. The molecule has 1 aliphatic heterocycles. The molecule has 0 spiro atoms. The molecule has 1 saturated heterocycles. The van der Waals surface area contributed by atoms with Gasteiger partial charge in [0.2, 0.25) is 5.91 Å². The number of rotatable bonds is 4. The summed E-state index contributed by atoms with van der Waals surface area (Å²) in [5, 5.41) is 8.97. The van der Waals surface area contributed by atoms with E-state index in [9.17, 15) is 9.59 Å². The van der Waals surface area contributed by atoms with Gasteiger partial charge >= 0.3 is 0 Å². The Bertz CT molecular complexity index is 502. The lowest BCUT2D eigenvalue weighted by Crippen LogP contribution is -2.35. The quantitative estimate of drug-likeness (QED) is 0.773. The molecule has 106 valence electrons. The number of anilines is 1. The Labute approximate surface area is 118 Å². The molecule has 0 unspecified atom stereocenters. The van der Waals surface area contributed by atoms with E-state index >= 15 is 0 Å². The Kier molecular flexibility index (Phi) is 3.69. The van der Waals surface area contributed by atoms with Crippen LogP contribution in [0.2, 0.25) is 0 Å². The van der Waals surface area contributed by atoms with Crippen molar-refractivity contribution in [2.24, 2.45) is 0 Å². The first kappa shape index (κ1) is 13.1. The number of nitrogens with one attached hydrogen (secondary N) is 3. The van der Waals surface area contributed by atoms with E-state index in [2.05, 4.69) is 16.0 Å². The van der Waals surface area contributed by atoms with Crippen molar-refractivity contribution < 1.29 is 9.59 Å². The number of hydrogen-bond donors (Lipinski definition) is 3. The molecular formula is C15H19N3O2. The van der Waals surface area contributed by atoms with Gasteiger partial charge in [-0.3, -0.25) is 9.59 Å². The van der Waals surface area contributed by atoms with E-state index < -0.39 is 0 Å². The number of benzene rings is 1. The maximum atomic E-state index is 11.9. The standard InChI is InChI=1S/C15H19N3O2/c19-14(17-12-7-8-12)10-3-5-11(6-4-10)18-15(20)13-2-1-9-16-13/h3-6,12-13,16H,1-2,7-9H2,(H,17,19)(H,18,20)/t13-/m1/s1. The highest BCUT2D eigenvalue weighted by atomic mass is 16.2. The fourth-order valence-corrected chi connectivity index (χ4v) is 2.34. The van der Waals surface area contributed by atoms with Gasteiger partial charge in [0.15, 0.2) is 0 Å². The van der Waals surface area contributed by atoms with E-state index in [1.54, 1.807) is 24.3 Å². The van der Waals surface area contributed by atoms with E-state index in [1.165, 1.54) is 0 Å². The topological polar surface area (TPSA) is 70.2 Å². The molecule has 3 N–H and O–H groups in total. The van der Waals surface area contributed by atoms with Crippen molar-refractivity contribution in [1.29, 1.82) is 0 Å². The Morgan fingerprint density at radius 3 is 2.45 bits per heavy atom. The number of carbonyl (C=O) groups is 2. The first-order chi connectivity index (χ1) is 9.72. The van der Waals surface area contributed by atoms with Crippen LogP contribution in [-0.2, 0) is 4.79 Å². The summed E-state index contributed by atoms with van der Waals surface area (Å²) >= 11 is 0. The van der Waals surface area contributed by atoms with E-state index in [1.807, 2.05) is 0 Å². The second-order valence-corrected chi connectivity index (χ2v) is 5.46. The zero-order chi connectivity index (χ0) is 13.9. The van der Waals surface area contributed by atoms with Gasteiger partial charge in [0.05, 0.1) is 6.04 Å². The molecule has 5 nitrogen and oxygen atoms in total. The van der Waals surface area contributed by atoms with E-state index in [-0.39, 0.29) is 17.9 Å². The summed E-state index contributed by atoms with van der Waals surface area (Å²) < 4.78 is 0. The smallest absolute Gasteiger partial charge is 0.251 e. The van der Waals surface area contributed by atoms with Crippen LogP contribution in [0.3, 0.4) is 0 Å². The summed E-state index contributed by atoms with van der Waals surface area (Å²) in [6.07, 6.45) is 4.08. The number of hydrogen-bond acceptors (Lipinski definition) is 3. The van der Waals surface area contributed by atoms with Gasteiger partial charge in [-0.2, -0.15) is 0 Å². The van der Waals surface area contributed by atoms with Crippen molar-refractivity contribution in [2.75, 3.05) is 11.9 Å². The highest BCUT2D eigenvalue weighted by Crippen LogP contribution is 2.19. The highest BCUT2D eigenvalue weighted by Gasteiger charge is 2.24. The average molecular weight is 273 g/mol. The van der Waals surface area contributed by atoms with Gasteiger partial charge < -0.3 is 16.0 Å². The summed E-state index contributed by atoms with van der Waals surface area (Å²) in [4.78, 5) is 23.8. The minimum Gasteiger partial charge on any atom is -0.349 e. The zero-order valence-corrected chi connectivity index (χ0v) is 11.3. The van der Waals surface area contributed by atoms with Gasteiger partial charge in [-0.05, 0) is 56.5 Å². The van der Waals surface area contributed by atoms with E-state index in [0.29, 0.717) is 11.6 Å². The summed E-state index contributed by atoms with van der Waals surface area (Å²) in [6.45, 7) is 0.901. The molecule has 0 radical (unpaired) electrons. The molecule has 1 aliphatic carbocycles. The van der Waals surface area contributed by atoms with Crippen LogP contribution in [-0.4, -0.2) is 30.4 Å². The Morgan fingerprint density at radius 1 is 1.10 bits per heavy atom. The average Bonchev–Trinajstić information content (AvgIpc) is 3.08. The molecule has 1 atom stereocenters. The fourth-order valence-electron chi connectivity index (χ4n) is 2.34. The van der Waals surface area contributed by atoms with Crippen LogP contribution in [0.1, 0.15) is 36.0 Å². The van der Waals surface area contributed by atoms with Gasteiger partial charge in [0, 0.05) is 17.3 Å². The van der Waals surface area contributed by atoms with Gasteiger partial charge in [-0.1, -0.05) is 0 Å². The Morgan fingerprint density at radius 2 is 1.85 bits per heavy atom. The molecule has 2 fully saturated rings. The predicted octanol–water partition coefficient (Wildman–Crippen LogP) is 1.27. The maximum absolute atomic E-state index is 11.9. The largest absolute Gasteiger partial charge is 0.349 e. The highest BCUT2D eigenvalue weighted by molar-refractivity contribution is 5.97. The van der Waals surface area contributed by atoms with E-state index in [0.717, 1.165) is 37.9 Å². The molecule has 1 saturated carbocycles. The van der Waals surface area contributed by atoms with Crippen LogP contribution in [0, 0.1) is 0 Å². The van der Waals surface area contributed by atoms with Crippen LogP contribution >= 0.6 is 0 Å². The van der Waals surface area contributed by atoms with Gasteiger partial charge in [-0.25, -0.2) is 0 Å². The molecule has 3 rings (SSSR count). The van der Waals surface area contributed by atoms with Crippen LogP contribution < -0.4 is 16.0 Å². The summed E-state index contributed by atoms with van der Waals surface area (Å²) in [6, 6.07) is 7.30. The minimum atomic E-state index is -0.0900. The van der Waals surface area contributed by atoms with Crippen molar-refractivity contribution in [2.45, 2.75) is 37.8 Å². The lowest BCUT2D eigenvalue weighted by atomic mass is 10.1. The second-order valence-electron chi connectivity index (χ2n) is 5.46. The van der Waals surface area contributed by atoms with Crippen LogP contribution in [0.5, 0.6) is 0 Å². The summed E-state index contributed by atoms with van der Waals surface area (Å²) in [5.74, 6) is -0.0412. The lowest BCUT2D eigenvalue weighted by Gasteiger charge is -2.11. The molecule has 2 aliphatic rings. The first-order valence-electron chi connectivity index (χ1n) is 7.17. The van der Waals surface area contributed by atoms with Crippen molar-refractivity contribution >= 4 is 17.5 Å². The lowest BCUT2D eigenvalue weighted by molar-refractivity contribution is -0.117. The van der Waals surface area contributed by atoms with Crippen LogP contribution in [0.4, 0.5) is 5.69 Å². The monoisotopic (exact) mass is 273 g/mol. The van der Waals surface area contributed by atoms with Crippen molar-refractivity contribution in [3.05, 3.63) is 29.8 Å². The third kappa shape index (κ3) is 3.17. The molecule has 2 amide bonds. The summed E-state index contributed by atoms with van der Waals surface area (Å²) in [5.41, 5.74) is 1.36. The first-order valence-corrected chi connectivity index (χ1v) is 7.17. The second kappa shape index (κ2) is 5.63. The van der Waals surface area contributed by atoms with Crippen molar-refractivity contribution in [3.8, 4) is 0 Å². The zero-order valence-electron chi connectivity index (χ0n) is 11.3. The molecule has 1 aromatic rings. The van der Waals surface area contributed by atoms with E-state index in [4.69, 9.17) is 0 Å². The van der Waals surface area contributed by atoms with Gasteiger partial charge in [-0.15, -0.1) is 0 Å². The molecule has 20 heavy (non-hydrogen) atoms. The molecular weight excluding hydrogens is 254 g/mol. The fraction of sp³-hybridized carbons (Fsp3) is 0.467. The predicted molar refractivity (Wildman–Crippen MR) is 76.6 cm³/mol.